The van der Waals surface area contributed by atoms with Gasteiger partial charge in [0.05, 0.1) is 18.0 Å². The van der Waals surface area contributed by atoms with Gasteiger partial charge in [0, 0.05) is 18.5 Å². The Morgan fingerprint density at radius 1 is 1.58 bits per heavy atom. The smallest absolute Gasteiger partial charge is 0.375 e. The molecule has 1 fully saturated rings. The van der Waals surface area contributed by atoms with Gasteiger partial charge in [-0.2, -0.15) is 13.2 Å². The molecule has 1 aromatic heterocycles. The highest BCUT2D eigenvalue weighted by atomic mass is 32.1. The van der Waals surface area contributed by atoms with Gasteiger partial charge < -0.3 is 10.6 Å². The van der Waals surface area contributed by atoms with Crippen molar-refractivity contribution < 1.29 is 18.0 Å². The summed E-state index contributed by atoms with van der Waals surface area (Å²) in [5.74, 6) is -1.73. The first-order chi connectivity index (χ1) is 8.86. The van der Waals surface area contributed by atoms with E-state index in [0.717, 1.165) is 0 Å². The SMILES string of the molecule is Nc1nc(CC(=O)N2CCCC(C(F)(F)F)C2)cs1. The van der Waals surface area contributed by atoms with Crippen LogP contribution in [0.25, 0.3) is 0 Å². The Morgan fingerprint density at radius 2 is 2.32 bits per heavy atom. The number of carbonyl (C=O) groups excluding carboxylic acids is 1. The molecule has 4 nitrogen and oxygen atoms in total. The molecule has 1 aromatic rings. The number of piperidine rings is 1. The molecule has 0 radical (unpaired) electrons. The zero-order valence-corrected chi connectivity index (χ0v) is 10.9. The third-order valence-electron chi connectivity index (χ3n) is 3.14. The Bertz CT molecular complexity index is 460. The molecule has 0 aliphatic carbocycles. The van der Waals surface area contributed by atoms with Crippen LogP contribution in [0.5, 0.6) is 0 Å². The van der Waals surface area contributed by atoms with Crippen molar-refractivity contribution in [1.29, 1.82) is 0 Å². The largest absolute Gasteiger partial charge is 0.393 e. The first-order valence-electron chi connectivity index (χ1n) is 5.90. The van der Waals surface area contributed by atoms with Gasteiger partial charge in [-0.25, -0.2) is 4.98 Å². The average molecular weight is 293 g/mol. The molecule has 0 saturated carbocycles. The van der Waals surface area contributed by atoms with Crippen molar-refractivity contribution in [2.45, 2.75) is 25.4 Å². The van der Waals surface area contributed by atoms with Crippen molar-refractivity contribution >= 4 is 22.4 Å². The van der Waals surface area contributed by atoms with Crippen LogP contribution < -0.4 is 5.73 Å². The summed E-state index contributed by atoms with van der Waals surface area (Å²) in [5, 5.41) is 2.01. The van der Waals surface area contributed by atoms with Crippen LogP contribution in [0.2, 0.25) is 0 Å². The summed E-state index contributed by atoms with van der Waals surface area (Å²) in [6, 6.07) is 0. The maximum atomic E-state index is 12.6. The van der Waals surface area contributed by atoms with Crippen LogP contribution in [0.1, 0.15) is 18.5 Å². The van der Waals surface area contributed by atoms with E-state index in [9.17, 15) is 18.0 Å². The molecule has 1 aliphatic heterocycles. The molecule has 2 rings (SSSR count). The summed E-state index contributed by atoms with van der Waals surface area (Å²) in [5.41, 5.74) is 5.96. The minimum absolute atomic E-state index is 0.0122. The van der Waals surface area contributed by atoms with E-state index < -0.39 is 12.1 Å². The number of nitrogens with zero attached hydrogens (tertiary/aromatic N) is 2. The summed E-state index contributed by atoms with van der Waals surface area (Å²) in [6.07, 6.45) is -3.74. The molecule has 106 valence electrons. The minimum atomic E-state index is -4.23. The van der Waals surface area contributed by atoms with Crippen molar-refractivity contribution in [2.75, 3.05) is 18.8 Å². The van der Waals surface area contributed by atoms with Crippen LogP contribution >= 0.6 is 11.3 Å². The van der Waals surface area contributed by atoms with Crippen LogP contribution in [0.15, 0.2) is 5.38 Å². The Morgan fingerprint density at radius 3 is 2.89 bits per heavy atom. The number of rotatable bonds is 2. The number of nitrogen functional groups attached to an aromatic ring is 1. The second-order valence-electron chi connectivity index (χ2n) is 4.57. The maximum absolute atomic E-state index is 12.6. The van der Waals surface area contributed by atoms with Crippen molar-refractivity contribution in [3.8, 4) is 0 Å². The van der Waals surface area contributed by atoms with E-state index in [1.54, 1.807) is 5.38 Å². The van der Waals surface area contributed by atoms with Crippen LogP contribution in [-0.4, -0.2) is 35.1 Å². The Balaban J connectivity index is 1.95. The van der Waals surface area contributed by atoms with Crippen molar-refractivity contribution in [2.24, 2.45) is 5.92 Å². The monoisotopic (exact) mass is 293 g/mol. The normalized spacial score (nSPS) is 20.6. The first kappa shape index (κ1) is 14.1. The third-order valence-corrected chi connectivity index (χ3v) is 3.86. The Kier molecular flexibility index (Phi) is 3.98. The van der Waals surface area contributed by atoms with E-state index in [4.69, 9.17) is 5.73 Å². The summed E-state index contributed by atoms with van der Waals surface area (Å²) >= 11 is 1.21. The van der Waals surface area contributed by atoms with E-state index in [1.807, 2.05) is 0 Å². The number of thiazole rings is 1. The van der Waals surface area contributed by atoms with Gasteiger partial charge in [-0.05, 0) is 12.8 Å². The van der Waals surface area contributed by atoms with Gasteiger partial charge in [0.2, 0.25) is 5.91 Å². The lowest BCUT2D eigenvalue weighted by Crippen LogP contribution is -2.45. The summed E-state index contributed by atoms with van der Waals surface area (Å²) in [7, 11) is 0. The second-order valence-corrected chi connectivity index (χ2v) is 5.46. The number of aromatic nitrogens is 1. The van der Waals surface area contributed by atoms with Crippen LogP contribution in [-0.2, 0) is 11.2 Å². The number of carbonyl (C=O) groups is 1. The van der Waals surface area contributed by atoms with Crippen LogP contribution in [0.4, 0.5) is 18.3 Å². The Labute approximate surface area is 112 Å². The van der Waals surface area contributed by atoms with Crippen LogP contribution in [0.3, 0.4) is 0 Å². The summed E-state index contributed by atoms with van der Waals surface area (Å²) in [4.78, 5) is 17.1. The molecule has 8 heteroatoms. The van der Waals surface area contributed by atoms with Crippen molar-refractivity contribution in [3.63, 3.8) is 0 Å². The number of nitrogens with two attached hydrogens (primary N) is 1. The molecule has 1 unspecified atom stereocenters. The maximum Gasteiger partial charge on any atom is 0.393 e. The van der Waals surface area contributed by atoms with Crippen LogP contribution in [0, 0.1) is 5.92 Å². The predicted molar refractivity (Wildman–Crippen MR) is 65.6 cm³/mol. The number of hydrogen-bond acceptors (Lipinski definition) is 4. The highest BCUT2D eigenvalue weighted by molar-refractivity contribution is 7.13. The lowest BCUT2D eigenvalue weighted by atomic mass is 9.97. The number of amides is 1. The van der Waals surface area contributed by atoms with Gasteiger partial charge >= 0.3 is 6.18 Å². The average Bonchev–Trinajstić information content (AvgIpc) is 2.74. The number of likely N-dealkylation sites (tertiary alicyclic amines) is 1. The molecule has 1 atom stereocenters. The molecule has 1 saturated heterocycles. The van der Waals surface area contributed by atoms with Gasteiger partial charge in [0.15, 0.2) is 5.13 Å². The minimum Gasteiger partial charge on any atom is -0.375 e. The van der Waals surface area contributed by atoms with E-state index in [-0.39, 0.29) is 25.3 Å². The number of halogens is 3. The quantitative estimate of drug-likeness (QED) is 0.908. The molecule has 0 aromatic carbocycles. The highest BCUT2D eigenvalue weighted by Gasteiger charge is 2.42. The second kappa shape index (κ2) is 5.36. The molecule has 0 bridgehead atoms. The van der Waals surface area contributed by atoms with E-state index in [0.29, 0.717) is 23.8 Å². The molecule has 0 spiro atoms. The molecular weight excluding hydrogens is 279 g/mol. The molecule has 2 N–H and O–H groups in total. The van der Waals surface area contributed by atoms with Crippen molar-refractivity contribution in [3.05, 3.63) is 11.1 Å². The molecular formula is C11H14F3N3OS. The fraction of sp³-hybridized carbons (Fsp3) is 0.636. The molecule has 2 heterocycles. The highest BCUT2D eigenvalue weighted by Crippen LogP contribution is 2.33. The molecule has 19 heavy (non-hydrogen) atoms. The fourth-order valence-corrected chi connectivity index (χ4v) is 2.70. The number of hydrogen-bond donors (Lipinski definition) is 1. The van der Waals surface area contributed by atoms with Gasteiger partial charge in [-0.1, -0.05) is 0 Å². The lowest BCUT2D eigenvalue weighted by Gasteiger charge is -2.33. The molecule has 1 aliphatic rings. The zero-order valence-electron chi connectivity index (χ0n) is 10.1. The lowest BCUT2D eigenvalue weighted by molar-refractivity contribution is -0.187. The first-order valence-corrected chi connectivity index (χ1v) is 6.78. The number of anilines is 1. The van der Waals surface area contributed by atoms with E-state index >= 15 is 0 Å². The van der Waals surface area contributed by atoms with E-state index in [1.165, 1.54) is 16.2 Å². The van der Waals surface area contributed by atoms with Gasteiger partial charge in [-0.15, -0.1) is 11.3 Å². The number of alkyl halides is 3. The predicted octanol–water partition coefficient (Wildman–Crippen LogP) is 2.07. The van der Waals surface area contributed by atoms with E-state index in [2.05, 4.69) is 4.98 Å². The fourth-order valence-electron chi connectivity index (χ4n) is 2.14. The Hall–Kier alpha value is -1.31. The van der Waals surface area contributed by atoms with Crippen molar-refractivity contribution in [1.82, 2.24) is 9.88 Å². The van der Waals surface area contributed by atoms with Gasteiger partial charge in [0.1, 0.15) is 0 Å². The summed E-state index contributed by atoms with van der Waals surface area (Å²) < 4.78 is 37.9. The van der Waals surface area contributed by atoms with Gasteiger partial charge in [0.25, 0.3) is 0 Å². The standard InChI is InChI=1S/C11H14F3N3OS/c12-11(13,14)7-2-1-3-17(5-7)9(18)4-8-6-19-10(15)16-8/h6-7H,1-5H2,(H2,15,16). The van der Waals surface area contributed by atoms with Gasteiger partial charge in [-0.3, -0.25) is 4.79 Å². The third kappa shape index (κ3) is 3.59. The summed E-state index contributed by atoms with van der Waals surface area (Å²) in [6.45, 7) is 0.132. The zero-order chi connectivity index (χ0) is 14.0. The molecule has 1 amide bonds. The topological polar surface area (TPSA) is 59.2 Å².